The van der Waals surface area contributed by atoms with Crippen LogP contribution in [0.1, 0.15) is 168 Å². The van der Waals surface area contributed by atoms with Gasteiger partial charge in [-0.15, -0.1) is 0 Å². The van der Waals surface area contributed by atoms with Gasteiger partial charge in [0.25, 0.3) is 0 Å². The Labute approximate surface area is 213 Å². The second-order valence-corrected chi connectivity index (χ2v) is 10.3. The van der Waals surface area contributed by atoms with E-state index in [1.54, 1.807) is 0 Å². The average Bonchev–Trinajstić information content (AvgIpc) is 2.84. The Bertz CT molecular complexity index is 415. The van der Waals surface area contributed by atoms with Crippen LogP contribution in [0, 0.1) is 0 Å². The van der Waals surface area contributed by atoms with Crippen molar-refractivity contribution in [3.05, 3.63) is 0 Å². The molecule has 0 aliphatic carbocycles. The number of carbonyl (C=O) groups is 2. The van der Waals surface area contributed by atoms with Gasteiger partial charge >= 0.3 is 0 Å². The average molecular weight is 481 g/mol. The van der Waals surface area contributed by atoms with Crippen LogP contribution in [0.2, 0.25) is 0 Å². The number of unbranched alkanes of at least 4 members (excludes halogenated alkanes) is 20. The van der Waals surface area contributed by atoms with Gasteiger partial charge in [-0.1, -0.05) is 142 Å². The topological polar surface area (TPSA) is 63.4 Å². The Kier molecular flexibility index (Phi) is 26.0. The fourth-order valence-corrected chi connectivity index (χ4v) is 4.67. The number of nitrogens with two attached hydrogens (primary N) is 1. The van der Waals surface area contributed by atoms with Crippen LogP contribution in [0.4, 0.5) is 0 Å². The highest BCUT2D eigenvalue weighted by molar-refractivity contribution is 5.95. The molecule has 0 saturated carbocycles. The summed E-state index contributed by atoms with van der Waals surface area (Å²) in [6.07, 6.45) is 28.8. The normalized spacial score (nSPS) is 11.1. The van der Waals surface area contributed by atoms with Gasteiger partial charge in [-0.05, 0) is 12.8 Å². The van der Waals surface area contributed by atoms with Crippen LogP contribution in [0.15, 0.2) is 0 Å². The van der Waals surface area contributed by atoms with Crippen molar-refractivity contribution in [2.24, 2.45) is 5.73 Å². The first-order valence-corrected chi connectivity index (χ1v) is 15.2. The number of hydrogen-bond acceptors (Lipinski definition) is 3. The molecule has 0 aromatic heterocycles. The maximum Gasteiger partial charge on any atom is 0.229 e. The molecule has 0 rings (SSSR count). The summed E-state index contributed by atoms with van der Waals surface area (Å²) >= 11 is 0. The van der Waals surface area contributed by atoms with Crippen LogP contribution in [-0.2, 0) is 9.59 Å². The van der Waals surface area contributed by atoms with E-state index < -0.39 is 0 Å². The SMILES string of the molecule is CCCCCCCCCCCCCC(=O)N(CCN)C(=O)CCCCCCCCCCCCC. The van der Waals surface area contributed by atoms with Crippen molar-refractivity contribution in [1.82, 2.24) is 4.90 Å². The zero-order chi connectivity index (χ0) is 25.1. The largest absolute Gasteiger partial charge is 0.329 e. The Balaban J connectivity index is 3.75. The highest BCUT2D eigenvalue weighted by Crippen LogP contribution is 2.14. The second-order valence-electron chi connectivity index (χ2n) is 10.3. The van der Waals surface area contributed by atoms with E-state index in [0.29, 0.717) is 25.9 Å². The second kappa shape index (κ2) is 26.7. The molecular weight excluding hydrogens is 420 g/mol. The number of imide groups is 1. The summed E-state index contributed by atoms with van der Waals surface area (Å²) in [6, 6.07) is 0. The van der Waals surface area contributed by atoms with Crippen molar-refractivity contribution in [3.63, 3.8) is 0 Å². The molecule has 2 N–H and O–H groups in total. The maximum atomic E-state index is 12.6. The number of nitrogens with zero attached hydrogens (tertiary/aromatic N) is 1. The van der Waals surface area contributed by atoms with Crippen LogP contribution in [0.25, 0.3) is 0 Å². The van der Waals surface area contributed by atoms with Gasteiger partial charge in [0.05, 0.1) is 0 Å². The minimum Gasteiger partial charge on any atom is -0.329 e. The molecule has 0 radical (unpaired) electrons. The van der Waals surface area contributed by atoms with E-state index in [0.717, 1.165) is 25.7 Å². The van der Waals surface area contributed by atoms with Gasteiger partial charge in [0.2, 0.25) is 11.8 Å². The first kappa shape index (κ1) is 33.1. The van der Waals surface area contributed by atoms with Gasteiger partial charge in [0, 0.05) is 25.9 Å². The highest BCUT2D eigenvalue weighted by Gasteiger charge is 2.19. The Morgan fingerprint density at radius 2 is 0.735 bits per heavy atom. The van der Waals surface area contributed by atoms with E-state index >= 15 is 0 Å². The monoisotopic (exact) mass is 480 g/mol. The molecule has 0 aromatic carbocycles. The molecule has 0 heterocycles. The highest BCUT2D eigenvalue weighted by atomic mass is 16.2. The summed E-state index contributed by atoms with van der Waals surface area (Å²) < 4.78 is 0. The lowest BCUT2D eigenvalue weighted by atomic mass is 10.0. The molecule has 0 aliphatic rings. The van der Waals surface area contributed by atoms with Crippen molar-refractivity contribution in [3.8, 4) is 0 Å². The Hall–Kier alpha value is -0.900. The molecule has 34 heavy (non-hydrogen) atoms. The molecular formula is C30H60N2O2. The predicted molar refractivity (Wildman–Crippen MR) is 148 cm³/mol. The summed E-state index contributed by atoms with van der Waals surface area (Å²) in [5.41, 5.74) is 5.68. The fraction of sp³-hybridized carbons (Fsp3) is 0.933. The summed E-state index contributed by atoms with van der Waals surface area (Å²) in [4.78, 5) is 26.6. The third-order valence-corrected chi connectivity index (χ3v) is 6.94. The summed E-state index contributed by atoms with van der Waals surface area (Å²) in [5.74, 6) is -0.0381. The smallest absolute Gasteiger partial charge is 0.229 e. The molecule has 202 valence electrons. The van der Waals surface area contributed by atoms with E-state index in [1.165, 1.54) is 120 Å². The zero-order valence-corrected chi connectivity index (χ0v) is 23.2. The van der Waals surface area contributed by atoms with Crippen LogP contribution in [0.3, 0.4) is 0 Å². The van der Waals surface area contributed by atoms with E-state index in [4.69, 9.17) is 5.73 Å². The van der Waals surface area contributed by atoms with Gasteiger partial charge in [0.1, 0.15) is 0 Å². The van der Waals surface area contributed by atoms with Crippen molar-refractivity contribution in [2.75, 3.05) is 13.1 Å². The van der Waals surface area contributed by atoms with Crippen LogP contribution in [0.5, 0.6) is 0 Å². The Morgan fingerprint density at radius 1 is 0.471 bits per heavy atom. The molecule has 0 unspecified atom stereocenters. The molecule has 4 heteroatoms. The lowest BCUT2D eigenvalue weighted by Gasteiger charge is -2.20. The van der Waals surface area contributed by atoms with Crippen LogP contribution in [-0.4, -0.2) is 29.8 Å². The number of carbonyl (C=O) groups excluding carboxylic acids is 2. The van der Waals surface area contributed by atoms with E-state index in [9.17, 15) is 9.59 Å². The molecule has 0 spiro atoms. The van der Waals surface area contributed by atoms with Crippen molar-refractivity contribution < 1.29 is 9.59 Å². The van der Waals surface area contributed by atoms with Crippen LogP contribution >= 0.6 is 0 Å². The summed E-state index contributed by atoms with van der Waals surface area (Å²) in [5, 5.41) is 0. The molecule has 0 aromatic rings. The van der Waals surface area contributed by atoms with Crippen molar-refractivity contribution >= 4 is 11.8 Å². The number of amides is 2. The fourth-order valence-electron chi connectivity index (χ4n) is 4.67. The van der Waals surface area contributed by atoms with Gasteiger partial charge in [-0.3, -0.25) is 14.5 Å². The zero-order valence-electron chi connectivity index (χ0n) is 23.2. The van der Waals surface area contributed by atoms with Gasteiger partial charge in [0.15, 0.2) is 0 Å². The summed E-state index contributed by atoms with van der Waals surface area (Å²) in [6.45, 7) is 5.24. The quantitative estimate of drug-likeness (QED) is 0.126. The van der Waals surface area contributed by atoms with Crippen LogP contribution < -0.4 is 5.73 Å². The van der Waals surface area contributed by atoms with Crippen molar-refractivity contribution in [2.45, 2.75) is 168 Å². The molecule has 0 atom stereocenters. The first-order valence-electron chi connectivity index (χ1n) is 15.2. The Morgan fingerprint density at radius 3 is 1.00 bits per heavy atom. The van der Waals surface area contributed by atoms with Crippen molar-refractivity contribution in [1.29, 1.82) is 0 Å². The molecule has 0 bridgehead atoms. The van der Waals surface area contributed by atoms with E-state index in [2.05, 4.69) is 13.8 Å². The minimum absolute atomic E-state index is 0.0190. The maximum absolute atomic E-state index is 12.6. The van der Waals surface area contributed by atoms with Gasteiger partial charge in [-0.25, -0.2) is 0 Å². The molecule has 0 saturated heterocycles. The molecule has 4 nitrogen and oxygen atoms in total. The lowest BCUT2D eigenvalue weighted by Crippen LogP contribution is -2.40. The molecule has 0 fully saturated rings. The standard InChI is InChI=1S/C30H60N2O2/c1-3-5-7-9-11-13-15-17-19-21-23-25-29(33)32(28-27-31)30(34)26-24-22-20-18-16-14-12-10-8-6-4-2/h3-28,31H2,1-2H3. The summed E-state index contributed by atoms with van der Waals surface area (Å²) in [7, 11) is 0. The first-order chi connectivity index (χ1) is 16.7. The number of hydrogen-bond donors (Lipinski definition) is 1. The van der Waals surface area contributed by atoms with E-state index in [1.807, 2.05) is 0 Å². The number of rotatable bonds is 26. The van der Waals surface area contributed by atoms with Gasteiger partial charge in [-0.2, -0.15) is 0 Å². The third kappa shape index (κ3) is 21.6. The molecule has 2 amide bonds. The molecule has 0 aliphatic heterocycles. The predicted octanol–water partition coefficient (Wildman–Crippen LogP) is 8.70. The lowest BCUT2D eigenvalue weighted by molar-refractivity contribution is -0.144. The van der Waals surface area contributed by atoms with E-state index in [-0.39, 0.29) is 11.8 Å². The minimum atomic E-state index is -0.0190. The third-order valence-electron chi connectivity index (χ3n) is 6.94. The van der Waals surface area contributed by atoms with Gasteiger partial charge < -0.3 is 5.73 Å².